The summed E-state index contributed by atoms with van der Waals surface area (Å²) in [6.45, 7) is 3.66. The summed E-state index contributed by atoms with van der Waals surface area (Å²) in [5.41, 5.74) is 5.26. The van der Waals surface area contributed by atoms with Crippen molar-refractivity contribution in [3.63, 3.8) is 0 Å². The average molecular weight is 412 g/mol. The third kappa shape index (κ3) is 3.79. The summed E-state index contributed by atoms with van der Waals surface area (Å²) < 4.78 is 5.46. The van der Waals surface area contributed by atoms with Gasteiger partial charge in [-0.25, -0.2) is 4.79 Å². The highest BCUT2D eigenvalue weighted by atomic mass is 16.6. The second kappa shape index (κ2) is 7.91. The van der Waals surface area contributed by atoms with Gasteiger partial charge in [0.25, 0.3) is 5.91 Å². The molecule has 0 radical (unpaired) electrons. The molecule has 0 N–H and O–H groups in total. The molecule has 5 nitrogen and oxygen atoms in total. The highest BCUT2D eigenvalue weighted by Crippen LogP contribution is 2.28. The van der Waals surface area contributed by atoms with E-state index >= 15 is 0 Å². The molecule has 5 rings (SSSR count). The van der Waals surface area contributed by atoms with Crippen LogP contribution in [0.3, 0.4) is 0 Å². The van der Waals surface area contributed by atoms with Gasteiger partial charge in [0.2, 0.25) is 0 Å². The molecule has 31 heavy (non-hydrogen) atoms. The van der Waals surface area contributed by atoms with E-state index in [0.29, 0.717) is 30.9 Å². The lowest BCUT2D eigenvalue weighted by molar-refractivity contribution is 0.0658. The van der Waals surface area contributed by atoms with Crippen molar-refractivity contribution in [3.8, 4) is 5.75 Å². The van der Waals surface area contributed by atoms with E-state index in [-0.39, 0.29) is 18.0 Å². The molecule has 0 aliphatic carbocycles. The molecule has 0 unspecified atom stereocenters. The molecule has 2 aliphatic rings. The van der Waals surface area contributed by atoms with Crippen LogP contribution in [0.25, 0.3) is 0 Å². The molecular formula is C26H24N2O3. The summed E-state index contributed by atoms with van der Waals surface area (Å²) in [4.78, 5) is 29.4. The number of ether oxygens (including phenoxy) is 1. The van der Waals surface area contributed by atoms with Gasteiger partial charge in [0.05, 0.1) is 0 Å². The minimum absolute atomic E-state index is 0.0371. The summed E-state index contributed by atoms with van der Waals surface area (Å²) >= 11 is 0. The first-order chi connectivity index (χ1) is 15.1. The van der Waals surface area contributed by atoms with Gasteiger partial charge in [-0.05, 0) is 59.9 Å². The molecule has 5 heteroatoms. The summed E-state index contributed by atoms with van der Waals surface area (Å²) in [6.07, 6.45) is 0.489. The van der Waals surface area contributed by atoms with E-state index in [4.69, 9.17) is 4.74 Å². The molecule has 0 aromatic heterocycles. The van der Waals surface area contributed by atoms with Crippen LogP contribution < -0.4 is 4.74 Å². The van der Waals surface area contributed by atoms with Crippen molar-refractivity contribution >= 4 is 12.0 Å². The number of hydrogen-bond acceptors (Lipinski definition) is 3. The molecule has 156 valence electrons. The van der Waals surface area contributed by atoms with Gasteiger partial charge < -0.3 is 9.64 Å². The third-order valence-corrected chi connectivity index (χ3v) is 6.15. The van der Waals surface area contributed by atoms with Gasteiger partial charge in [-0.2, -0.15) is 0 Å². The van der Waals surface area contributed by atoms with E-state index in [1.54, 1.807) is 17.0 Å². The van der Waals surface area contributed by atoms with Gasteiger partial charge in [0, 0.05) is 31.2 Å². The molecule has 0 saturated heterocycles. The summed E-state index contributed by atoms with van der Waals surface area (Å²) in [5, 5.41) is 0. The van der Waals surface area contributed by atoms with E-state index in [0.717, 1.165) is 17.5 Å². The SMILES string of the molecule is C[C@@H]1Cc2ccccc2CN1C(=O)c1ccc2c(c1)CN(C(=O)Oc1ccccc1)C2. The molecule has 1 atom stereocenters. The lowest BCUT2D eigenvalue weighted by Gasteiger charge is -2.35. The highest BCUT2D eigenvalue weighted by molar-refractivity contribution is 5.95. The Morgan fingerprint density at radius 3 is 2.29 bits per heavy atom. The van der Waals surface area contributed by atoms with Crippen molar-refractivity contribution < 1.29 is 14.3 Å². The fourth-order valence-electron chi connectivity index (χ4n) is 4.43. The Morgan fingerprint density at radius 2 is 1.48 bits per heavy atom. The van der Waals surface area contributed by atoms with Crippen LogP contribution in [0.5, 0.6) is 5.75 Å². The van der Waals surface area contributed by atoms with Crippen molar-refractivity contribution in [1.82, 2.24) is 9.80 Å². The van der Waals surface area contributed by atoms with Crippen molar-refractivity contribution in [2.75, 3.05) is 0 Å². The molecular weight excluding hydrogens is 388 g/mol. The third-order valence-electron chi connectivity index (χ3n) is 6.15. The van der Waals surface area contributed by atoms with Crippen LogP contribution in [0.1, 0.15) is 39.5 Å². The zero-order chi connectivity index (χ0) is 21.4. The van der Waals surface area contributed by atoms with Crippen LogP contribution in [0.4, 0.5) is 4.79 Å². The zero-order valence-electron chi connectivity index (χ0n) is 17.5. The predicted molar refractivity (Wildman–Crippen MR) is 118 cm³/mol. The average Bonchev–Trinajstić information content (AvgIpc) is 3.22. The van der Waals surface area contributed by atoms with Crippen LogP contribution in [-0.2, 0) is 26.1 Å². The Hall–Kier alpha value is -3.60. The van der Waals surface area contributed by atoms with Gasteiger partial charge in [-0.15, -0.1) is 0 Å². The van der Waals surface area contributed by atoms with E-state index < -0.39 is 0 Å². The molecule has 0 fully saturated rings. The first-order valence-electron chi connectivity index (χ1n) is 10.6. The van der Waals surface area contributed by atoms with Crippen LogP contribution in [0.15, 0.2) is 72.8 Å². The van der Waals surface area contributed by atoms with Crippen molar-refractivity contribution in [2.45, 2.75) is 39.0 Å². The topological polar surface area (TPSA) is 49.9 Å². The number of benzene rings is 3. The Morgan fingerprint density at radius 1 is 0.806 bits per heavy atom. The van der Waals surface area contributed by atoms with Gasteiger partial charge in [0.15, 0.2) is 0 Å². The Labute approximate surface area is 181 Å². The molecule has 0 saturated carbocycles. The van der Waals surface area contributed by atoms with Crippen LogP contribution in [-0.4, -0.2) is 27.8 Å². The molecule has 2 aliphatic heterocycles. The van der Waals surface area contributed by atoms with E-state index in [1.807, 2.05) is 47.4 Å². The molecule has 0 spiro atoms. The summed E-state index contributed by atoms with van der Waals surface area (Å²) in [6, 6.07) is 23.3. The number of fused-ring (bicyclic) bond motifs is 2. The van der Waals surface area contributed by atoms with Gasteiger partial charge in [0.1, 0.15) is 5.75 Å². The Bertz CT molecular complexity index is 1140. The predicted octanol–water partition coefficient (Wildman–Crippen LogP) is 4.79. The highest BCUT2D eigenvalue weighted by Gasteiger charge is 2.30. The first-order valence-corrected chi connectivity index (χ1v) is 10.6. The number of carbonyl (C=O) groups is 2. The maximum Gasteiger partial charge on any atom is 0.415 e. The fraction of sp³-hybridized carbons (Fsp3) is 0.231. The van der Waals surface area contributed by atoms with Crippen molar-refractivity contribution in [3.05, 3.63) is 101 Å². The summed E-state index contributed by atoms with van der Waals surface area (Å²) in [7, 11) is 0. The monoisotopic (exact) mass is 412 g/mol. The van der Waals surface area contributed by atoms with Crippen molar-refractivity contribution in [2.24, 2.45) is 0 Å². The Kier molecular flexibility index (Phi) is 4.94. The molecule has 0 bridgehead atoms. The van der Waals surface area contributed by atoms with E-state index in [1.165, 1.54) is 11.1 Å². The van der Waals surface area contributed by atoms with Crippen LogP contribution in [0, 0.1) is 0 Å². The molecule has 3 aromatic carbocycles. The maximum atomic E-state index is 13.3. The lowest BCUT2D eigenvalue weighted by atomic mass is 9.94. The Balaban J connectivity index is 1.30. The number of carbonyl (C=O) groups excluding carboxylic acids is 2. The van der Waals surface area contributed by atoms with Gasteiger partial charge in [-0.3, -0.25) is 9.69 Å². The zero-order valence-corrected chi connectivity index (χ0v) is 17.5. The fourth-order valence-corrected chi connectivity index (χ4v) is 4.43. The number of rotatable bonds is 2. The number of hydrogen-bond donors (Lipinski definition) is 0. The molecule has 2 heterocycles. The minimum Gasteiger partial charge on any atom is -0.410 e. The number of nitrogens with zero attached hydrogens (tertiary/aromatic N) is 2. The van der Waals surface area contributed by atoms with Crippen molar-refractivity contribution in [1.29, 1.82) is 0 Å². The van der Waals surface area contributed by atoms with Crippen LogP contribution >= 0.6 is 0 Å². The first kappa shape index (κ1) is 19.4. The summed E-state index contributed by atoms with van der Waals surface area (Å²) in [5.74, 6) is 0.564. The minimum atomic E-state index is -0.378. The largest absolute Gasteiger partial charge is 0.415 e. The number of amides is 2. The van der Waals surface area contributed by atoms with Crippen LogP contribution in [0.2, 0.25) is 0 Å². The standard InChI is InChI=1S/C26H24N2O3/c1-18-13-19-7-5-6-8-21(19)17-28(18)25(29)20-11-12-22-15-27(16-23(22)14-20)26(30)31-24-9-3-2-4-10-24/h2-12,14,18H,13,15-17H2,1H3/t18-/m1/s1. The molecule has 3 aromatic rings. The lowest BCUT2D eigenvalue weighted by Crippen LogP contribution is -2.42. The van der Waals surface area contributed by atoms with E-state index in [2.05, 4.69) is 25.1 Å². The quantitative estimate of drug-likeness (QED) is 0.608. The maximum absolute atomic E-state index is 13.3. The normalized spacial score (nSPS) is 17.1. The number of para-hydroxylation sites is 1. The van der Waals surface area contributed by atoms with Gasteiger partial charge >= 0.3 is 6.09 Å². The second-order valence-corrected chi connectivity index (χ2v) is 8.28. The molecule has 2 amide bonds. The van der Waals surface area contributed by atoms with E-state index in [9.17, 15) is 9.59 Å². The van der Waals surface area contributed by atoms with Gasteiger partial charge in [-0.1, -0.05) is 48.5 Å². The smallest absolute Gasteiger partial charge is 0.410 e. The second-order valence-electron chi connectivity index (χ2n) is 8.28.